The zero-order chi connectivity index (χ0) is 24.6. The summed E-state index contributed by atoms with van der Waals surface area (Å²) in [5.41, 5.74) is 11.3. The molecule has 2 aliphatic heterocycles. The van der Waals surface area contributed by atoms with Gasteiger partial charge in [0, 0.05) is 36.8 Å². The van der Waals surface area contributed by atoms with Gasteiger partial charge in [-0.2, -0.15) is 0 Å². The van der Waals surface area contributed by atoms with Gasteiger partial charge in [0.15, 0.2) is 0 Å². The molecule has 0 aromatic heterocycles. The molecule has 10 heteroatoms. The first-order chi connectivity index (χ1) is 15.2. The summed E-state index contributed by atoms with van der Waals surface area (Å²) in [4.78, 5) is 19.3. The Hall–Kier alpha value is -2.42. The van der Waals surface area contributed by atoms with Gasteiger partial charge >= 0.3 is 13.2 Å². The molecule has 1 aromatic rings. The van der Waals surface area contributed by atoms with E-state index in [0.29, 0.717) is 26.2 Å². The smallest absolute Gasteiger partial charge is 0.444 e. The van der Waals surface area contributed by atoms with Crippen molar-refractivity contribution >= 4 is 24.4 Å². The van der Waals surface area contributed by atoms with Crippen LogP contribution in [0.5, 0.6) is 0 Å². The second-order valence-electron chi connectivity index (χ2n) is 10.8. The summed E-state index contributed by atoms with van der Waals surface area (Å²) in [7, 11) is -0.511. The van der Waals surface area contributed by atoms with Crippen LogP contribution in [0.1, 0.15) is 59.6 Å². The largest absolute Gasteiger partial charge is 0.495 e. The third-order valence-corrected chi connectivity index (χ3v) is 6.65. The molecule has 9 nitrogen and oxygen atoms in total. The molecule has 0 aliphatic carbocycles. The number of hydrogen-bond acceptors (Lipinski definition) is 6. The fraction of sp³-hybridized carbons (Fsp3) is 0.696. The Bertz CT molecular complexity index is 929. The molecule has 0 bridgehead atoms. The highest BCUT2D eigenvalue weighted by molar-refractivity contribution is 6.62. The summed E-state index contributed by atoms with van der Waals surface area (Å²) in [6.45, 7) is 18.5. The molecule has 3 rings (SSSR count). The predicted molar refractivity (Wildman–Crippen MR) is 130 cm³/mol. The van der Waals surface area contributed by atoms with Gasteiger partial charge in [0.25, 0.3) is 0 Å². The Kier molecular flexibility index (Phi) is 6.94. The van der Waals surface area contributed by atoms with Crippen molar-refractivity contribution in [2.45, 2.75) is 78.7 Å². The van der Waals surface area contributed by atoms with Crippen molar-refractivity contribution in [1.29, 1.82) is 0 Å². The van der Waals surface area contributed by atoms with Gasteiger partial charge in [-0.15, -0.1) is 0 Å². The Labute approximate surface area is 197 Å². The molecular weight excluding hydrogens is 421 g/mol. The topological polar surface area (TPSA) is 100 Å². The van der Waals surface area contributed by atoms with Crippen molar-refractivity contribution < 1.29 is 18.8 Å². The average Bonchev–Trinajstić information content (AvgIpc) is 2.93. The van der Waals surface area contributed by atoms with Gasteiger partial charge in [-0.1, -0.05) is 5.11 Å². The quantitative estimate of drug-likeness (QED) is 0.293. The third-order valence-electron chi connectivity index (χ3n) is 6.65. The predicted octanol–water partition coefficient (Wildman–Crippen LogP) is 4.16. The fourth-order valence-corrected chi connectivity index (χ4v) is 3.92. The summed E-state index contributed by atoms with van der Waals surface area (Å²) < 4.78 is 18.1. The van der Waals surface area contributed by atoms with E-state index in [4.69, 9.17) is 19.6 Å². The van der Waals surface area contributed by atoms with E-state index >= 15 is 0 Å². The van der Waals surface area contributed by atoms with Crippen molar-refractivity contribution in [1.82, 2.24) is 4.90 Å². The number of anilines is 1. The maximum atomic E-state index is 12.4. The molecule has 2 heterocycles. The SMILES string of the molecule is Cc1c(CN=[N+]=[N-])cc(N2CCN(C(=O)OC(C)(C)C)CC2)cc1B1OC(C)(C)C(C)(C)O1. The number of amides is 1. The van der Waals surface area contributed by atoms with Crippen molar-refractivity contribution in [3.63, 3.8) is 0 Å². The lowest BCUT2D eigenvalue weighted by atomic mass is 9.74. The van der Waals surface area contributed by atoms with Crippen LogP contribution in [0.4, 0.5) is 10.5 Å². The monoisotopic (exact) mass is 457 g/mol. The standard InChI is InChI=1S/C23H36BN5O4/c1-16-17(15-26-27-25)13-18(14-19(16)24-32-22(5,6)23(7,8)33-24)28-9-11-29(12-10-28)20(30)31-21(2,3)4/h13-14H,9-12,15H2,1-8H3. The summed E-state index contributed by atoms with van der Waals surface area (Å²) in [6, 6.07) is 4.15. The first kappa shape index (κ1) is 25.2. The van der Waals surface area contributed by atoms with Gasteiger partial charge in [0.1, 0.15) is 5.60 Å². The molecule has 0 unspecified atom stereocenters. The highest BCUT2D eigenvalue weighted by atomic mass is 16.7. The van der Waals surface area contributed by atoms with E-state index in [9.17, 15) is 4.79 Å². The van der Waals surface area contributed by atoms with E-state index in [1.165, 1.54) is 0 Å². The van der Waals surface area contributed by atoms with Gasteiger partial charge in [0.2, 0.25) is 0 Å². The maximum Gasteiger partial charge on any atom is 0.495 e. The number of carbonyl (C=O) groups is 1. The van der Waals surface area contributed by atoms with Crippen LogP contribution in [0.2, 0.25) is 0 Å². The van der Waals surface area contributed by atoms with E-state index < -0.39 is 23.9 Å². The molecule has 0 atom stereocenters. The summed E-state index contributed by atoms with van der Waals surface area (Å²) in [6.07, 6.45) is -0.284. The van der Waals surface area contributed by atoms with Crippen LogP contribution in [-0.2, 0) is 20.6 Å². The highest BCUT2D eigenvalue weighted by Crippen LogP contribution is 2.37. The number of rotatable bonds is 4. The van der Waals surface area contributed by atoms with E-state index in [0.717, 1.165) is 22.3 Å². The molecule has 2 aliphatic rings. The van der Waals surface area contributed by atoms with Crippen LogP contribution in [0.15, 0.2) is 17.2 Å². The van der Waals surface area contributed by atoms with E-state index in [-0.39, 0.29) is 12.6 Å². The Morgan fingerprint density at radius 2 is 1.73 bits per heavy atom. The van der Waals surface area contributed by atoms with Crippen LogP contribution < -0.4 is 10.4 Å². The minimum Gasteiger partial charge on any atom is -0.444 e. The summed E-state index contributed by atoms with van der Waals surface area (Å²) >= 11 is 0. The second-order valence-corrected chi connectivity index (χ2v) is 10.8. The van der Waals surface area contributed by atoms with E-state index in [1.54, 1.807) is 4.90 Å². The van der Waals surface area contributed by atoms with Crippen LogP contribution in [-0.4, -0.2) is 61.1 Å². The van der Waals surface area contributed by atoms with Crippen molar-refractivity contribution in [3.05, 3.63) is 33.7 Å². The van der Waals surface area contributed by atoms with Crippen molar-refractivity contribution in [3.8, 4) is 0 Å². The molecule has 2 fully saturated rings. The van der Waals surface area contributed by atoms with Crippen LogP contribution >= 0.6 is 0 Å². The maximum absolute atomic E-state index is 12.4. The molecule has 0 N–H and O–H groups in total. The number of carbonyl (C=O) groups excluding carboxylic acids is 1. The average molecular weight is 457 g/mol. The van der Waals surface area contributed by atoms with Gasteiger partial charge in [-0.25, -0.2) is 4.79 Å². The van der Waals surface area contributed by atoms with Crippen LogP contribution in [0.25, 0.3) is 10.4 Å². The molecular formula is C23H36BN5O4. The number of piperazine rings is 1. The lowest BCUT2D eigenvalue weighted by molar-refractivity contribution is 0.00578. The lowest BCUT2D eigenvalue weighted by Gasteiger charge is -2.37. The fourth-order valence-electron chi connectivity index (χ4n) is 3.92. The number of nitrogens with zero attached hydrogens (tertiary/aromatic N) is 5. The van der Waals surface area contributed by atoms with Crippen molar-refractivity contribution in [2.75, 3.05) is 31.1 Å². The van der Waals surface area contributed by atoms with Gasteiger partial charge < -0.3 is 23.8 Å². The van der Waals surface area contributed by atoms with Gasteiger partial charge in [0.05, 0.1) is 17.7 Å². The zero-order valence-corrected chi connectivity index (χ0v) is 21.1. The Morgan fingerprint density at radius 1 is 1.15 bits per heavy atom. The van der Waals surface area contributed by atoms with Crippen LogP contribution in [0.3, 0.4) is 0 Å². The first-order valence-electron chi connectivity index (χ1n) is 11.5. The molecule has 1 amide bonds. The number of azide groups is 1. The molecule has 0 radical (unpaired) electrons. The zero-order valence-electron chi connectivity index (χ0n) is 21.1. The molecule has 2 saturated heterocycles. The minimum absolute atomic E-state index is 0.251. The number of hydrogen-bond donors (Lipinski definition) is 0. The molecule has 1 aromatic carbocycles. The first-order valence-corrected chi connectivity index (χ1v) is 11.5. The molecule has 33 heavy (non-hydrogen) atoms. The van der Waals surface area contributed by atoms with E-state index in [2.05, 4.69) is 27.1 Å². The third kappa shape index (κ3) is 5.57. The Balaban J connectivity index is 1.85. The lowest BCUT2D eigenvalue weighted by Crippen LogP contribution is -2.50. The summed E-state index contributed by atoms with van der Waals surface area (Å²) in [5.74, 6) is 0. The minimum atomic E-state index is -0.515. The van der Waals surface area contributed by atoms with Crippen LogP contribution in [0, 0.1) is 6.92 Å². The van der Waals surface area contributed by atoms with Gasteiger partial charge in [-0.3, -0.25) is 0 Å². The molecule has 180 valence electrons. The van der Waals surface area contributed by atoms with E-state index in [1.807, 2.05) is 55.4 Å². The highest BCUT2D eigenvalue weighted by Gasteiger charge is 2.52. The van der Waals surface area contributed by atoms with Gasteiger partial charge in [-0.05, 0) is 89.6 Å². The Morgan fingerprint density at radius 3 is 2.24 bits per heavy atom. The number of benzene rings is 1. The molecule has 0 saturated carbocycles. The normalized spacial score (nSPS) is 19.9. The summed E-state index contributed by atoms with van der Waals surface area (Å²) in [5, 5.41) is 3.79. The van der Waals surface area contributed by atoms with Crippen molar-refractivity contribution in [2.24, 2.45) is 5.11 Å². The molecule has 0 spiro atoms. The second kappa shape index (κ2) is 9.08. The number of ether oxygens (including phenoxy) is 1.